The number of aryl methyl sites for hydroxylation is 1. The van der Waals surface area contributed by atoms with Crippen molar-refractivity contribution in [3.8, 4) is 0 Å². The zero-order chi connectivity index (χ0) is 23.1. The van der Waals surface area contributed by atoms with Gasteiger partial charge in [0.15, 0.2) is 0 Å². The molecule has 0 aromatic heterocycles. The lowest BCUT2D eigenvalue weighted by Gasteiger charge is -2.26. The molecule has 4 aromatic carbocycles. The standard InChI is InChI=1S/C30H31N2P/c1-24(2)31-30(26-13-7-4-8-14-26)23-33(28-15-9-5-10-16-28,29-17-11-6-12-18-29)32-27-21-19-25(3)20-22-27/h4-24,31H,1-3H3/b30-23-. The summed E-state index contributed by atoms with van der Waals surface area (Å²) in [5, 5.41) is 6.18. The Morgan fingerprint density at radius 3 is 1.67 bits per heavy atom. The lowest BCUT2D eigenvalue weighted by molar-refractivity contribution is 0.718. The summed E-state index contributed by atoms with van der Waals surface area (Å²) in [6, 6.07) is 40.9. The largest absolute Gasteiger partial charge is 0.382 e. The molecule has 0 unspecified atom stereocenters. The van der Waals surface area contributed by atoms with Gasteiger partial charge in [0.2, 0.25) is 0 Å². The van der Waals surface area contributed by atoms with Gasteiger partial charge in [0.05, 0.1) is 12.7 Å². The second kappa shape index (κ2) is 10.5. The molecule has 166 valence electrons. The lowest BCUT2D eigenvalue weighted by atomic mass is 10.1. The van der Waals surface area contributed by atoms with Gasteiger partial charge in [-0.1, -0.05) is 109 Å². The predicted octanol–water partition coefficient (Wildman–Crippen LogP) is 7.48. The van der Waals surface area contributed by atoms with E-state index in [1.807, 2.05) is 0 Å². The Balaban J connectivity index is 2.08. The summed E-state index contributed by atoms with van der Waals surface area (Å²) in [7, 11) is -2.32. The number of hydrogen-bond donors (Lipinski definition) is 1. The van der Waals surface area contributed by atoms with E-state index in [1.165, 1.54) is 21.7 Å². The highest BCUT2D eigenvalue weighted by Gasteiger charge is 2.24. The van der Waals surface area contributed by atoms with E-state index in [1.54, 1.807) is 0 Å². The molecule has 0 aliphatic heterocycles. The van der Waals surface area contributed by atoms with Crippen molar-refractivity contribution in [2.24, 2.45) is 4.74 Å². The summed E-state index contributed by atoms with van der Waals surface area (Å²) < 4.78 is 5.54. The molecule has 33 heavy (non-hydrogen) atoms. The van der Waals surface area contributed by atoms with Crippen LogP contribution in [0.5, 0.6) is 0 Å². The summed E-state index contributed by atoms with van der Waals surface area (Å²) in [4.78, 5) is 0. The number of hydrogen-bond acceptors (Lipinski definition) is 2. The van der Waals surface area contributed by atoms with Gasteiger partial charge in [-0.3, -0.25) is 4.74 Å². The summed E-state index contributed by atoms with van der Waals surface area (Å²) in [6.45, 7) is 6.47. The monoisotopic (exact) mass is 450 g/mol. The Labute approximate surface area is 198 Å². The molecule has 0 aliphatic rings. The van der Waals surface area contributed by atoms with Crippen LogP contribution in [0.3, 0.4) is 0 Å². The molecule has 2 nitrogen and oxygen atoms in total. The maximum Gasteiger partial charge on any atom is 0.0625 e. The van der Waals surface area contributed by atoms with Crippen molar-refractivity contribution in [1.82, 2.24) is 5.32 Å². The van der Waals surface area contributed by atoms with Gasteiger partial charge in [0.1, 0.15) is 0 Å². The van der Waals surface area contributed by atoms with Crippen molar-refractivity contribution >= 4 is 29.0 Å². The highest BCUT2D eigenvalue weighted by atomic mass is 31.2. The van der Waals surface area contributed by atoms with Gasteiger partial charge < -0.3 is 5.32 Å². The Morgan fingerprint density at radius 2 is 1.18 bits per heavy atom. The Hall–Kier alpha value is -3.35. The first-order valence-corrected chi connectivity index (χ1v) is 13.2. The summed E-state index contributed by atoms with van der Waals surface area (Å²) in [6.07, 6.45) is 0. The minimum absolute atomic E-state index is 0.296. The molecule has 3 heteroatoms. The molecular formula is C30H31N2P. The summed E-state index contributed by atoms with van der Waals surface area (Å²) >= 11 is 0. The first-order valence-electron chi connectivity index (χ1n) is 11.4. The maximum absolute atomic E-state index is 5.54. The first kappa shape index (κ1) is 22.8. The van der Waals surface area contributed by atoms with Crippen molar-refractivity contribution in [1.29, 1.82) is 0 Å². The van der Waals surface area contributed by atoms with Gasteiger partial charge in [-0.2, -0.15) is 0 Å². The highest BCUT2D eigenvalue weighted by Crippen LogP contribution is 2.53. The molecule has 0 heterocycles. The normalized spacial score (nSPS) is 11.9. The zero-order valence-corrected chi connectivity index (χ0v) is 20.4. The molecule has 0 spiro atoms. The van der Waals surface area contributed by atoms with Crippen molar-refractivity contribution in [3.05, 3.63) is 132 Å². The van der Waals surface area contributed by atoms with E-state index < -0.39 is 7.05 Å². The molecule has 0 atom stereocenters. The molecule has 0 amide bonds. The highest BCUT2D eigenvalue weighted by molar-refractivity contribution is 7.83. The molecule has 1 N–H and O–H groups in total. The van der Waals surface area contributed by atoms with Crippen molar-refractivity contribution in [3.63, 3.8) is 0 Å². The van der Waals surface area contributed by atoms with Crippen LogP contribution in [0.15, 0.2) is 126 Å². The third-order valence-corrected chi connectivity index (χ3v) is 8.80. The molecule has 0 fully saturated rings. The van der Waals surface area contributed by atoms with Gasteiger partial charge in [-0.05, 0) is 44.3 Å². The Morgan fingerprint density at radius 1 is 0.697 bits per heavy atom. The van der Waals surface area contributed by atoms with Crippen LogP contribution in [-0.4, -0.2) is 6.04 Å². The van der Waals surface area contributed by atoms with E-state index in [0.29, 0.717) is 6.04 Å². The molecule has 4 rings (SSSR count). The molecular weight excluding hydrogens is 419 g/mol. The lowest BCUT2D eigenvalue weighted by Crippen LogP contribution is -2.23. The number of benzene rings is 4. The predicted molar refractivity (Wildman–Crippen MR) is 145 cm³/mol. The van der Waals surface area contributed by atoms with Gasteiger partial charge in [0, 0.05) is 22.3 Å². The average Bonchev–Trinajstić information content (AvgIpc) is 2.86. The van der Waals surface area contributed by atoms with Crippen molar-refractivity contribution in [2.75, 3.05) is 0 Å². The van der Waals surface area contributed by atoms with Crippen LogP contribution >= 0.6 is 7.05 Å². The van der Waals surface area contributed by atoms with Crippen LogP contribution < -0.4 is 15.9 Å². The van der Waals surface area contributed by atoms with Crippen LogP contribution in [0.25, 0.3) is 5.70 Å². The van der Waals surface area contributed by atoms with E-state index in [-0.39, 0.29) is 0 Å². The van der Waals surface area contributed by atoms with Gasteiger partial charge >= 0.3 is 0 Å². The quantitative estimate of drug-likeness (QED) is 0.290. The van der Waals surface area contributed by atoms with E-state index in [2.05, 4.69) is 147 Å². The summed E-state index contributed by atoms with van der Waals surface area (Å²) in [5.74, 6) is 2.40. The van der Waals surface area contributed by atoms with Crippen LogP contribution in [-0.2, 0) is 0 Å². The average molecular weight is 451 g/mol. The molecule has 4 aromatic rings. The molecule has 0 saturated carbocycles. The van der Waals surface area contributed by atoms with E-state index in [9.17, 15) is 0 Å². The van der Waals surface area contributed by atoms with Gasteiger partial charge in [-0.15, -0.1) is 0 Å². The van der Waals surface area contributed by atoms with E-state index in [0.717, 1.165) is 11.4 Å². The topological polar surface area (TPSA) is 24.4 Å². The smallest absolute Gasteiger partial charge is 0.0625 e. The fourth-order valence-electron chi connectivity index (χ4n) is 3.86. The van der Waals surface area contributed by atoms with Gasteiger partial charge in [0.25, 0.3) is 0 Å². The van der Waals surface area contributed by atoms with Crippen LogP contribution in [0.1, 0.15) is 25.0 Å². The number of rotatable bonds is 7. The molecule has 0 saturated heterocycles. The third-order valence-electron chi connectivity index (χ3n) is 5.45. The fourth-order valence-corrected chi connectivity index (χ4v) is 7.09. The fraction of sp³-hybridized carbons (Fsp3) is 0.133. The van der Waals surface area contributed by atoms with Crippen molar-refractivity contribution in [2.45, 2.75) is 26.8 Å². The second-order valence-corrected chi connectivity index (χ2v) is 11.4. The van der Waals surface area contributed by atoms with E-state index in [4.69, 9.17) is 4.74 Å². The van der Waals surface area contributed by atoms with Crippen molar-refractivity contribution < 1.29 is 0 Å². The molecule has 0 radical (unpaired) electrons. The summed E-state index contributed by atoms with van der Waals surface area (Å²) in [5.41, 5.74) is 4.51. The third kappa shape index (κ3) is 5.53. The van der Waals surface area contributed by atoms with Crippen LogP contribution in [0.4, 0.5) is 5.69 Å². The number of nitrogens with one attached hydrogen (secondary N) is 1. The zero-order valence-electron chi connectivity index (χ0n) is 19.5. The van der Waals surface area contributed by atoms with Gasteiger partial charge in [-0.25, -0.2) is 0 Å². The second-order valence-electron chi connectivity index (χ2n) is 8.50. The number of nitrogens with zero attached hydrogens (tertiary/aromatic N) is 1. The van der Waals surface area contributed by atoms with E-state index >= 15 is 0 Å². The SMILES string of the molecule is Cc1ccc(N=P(/C=C(\NC(C)C)c2ccccc2)(c2ccccc2)c2ccccc2)cc1. The minimum atomic E-state index is -2.32. The van der Waals surface area contributed by atoms with Crippen LogP contribution in [0.2, 0.25) is 0 Å². The molecule has 0 bridgehead atoms. The minimum Gasteiger partial charge on any atom is -0.382 e. The Bertz CT molecular complexity index is 1200. The maximum atomic E-state index is 5.54. The first-order chi connectivity index (χ1) is 16.1. The molecule has 0 aliphatic carbocycles. The Kier molecular flexibility index (Phi) is 7.27. The van der Waals surface area contributed by atoms with Crippen LogP contribution in [0, 0.1) is 6.92 Å².